The van der Waals surface area contributed by atoms with E-state index in [9.17, 15) is 14.7 Å². The van der Waals surface area contributed by atoms with Gasteiger partial charge in [0.05, 0.1) is 0 Å². The zero-order chi connectivity index (χ0) is 14.4. The molecular formula is C14H19NO4. The Labute approximate surface area is 112 Å². The van der Waals surface area contributed by atoms with Crippen LogP contribution in [0.2, 0.25) is 0 Å². The first-order valence-electron chi connectivity index (χ1n) is 6.15. The van der Waals surface area contributed by atoms with Gasteiger partial charge in [0.2, 0.25) is 0 Å². The Bertz CT molecular complexity index is 430. The summed E-state index contributed by atoms with van der Waals surface area (Å²) in [5.74, 6) is -1.54. The smallest absolute Gasteiger partial charge is 0.323 e. The molecule has 0 aliphatic heterocycles. The molecule has 1 atom stereocenters. The Kier molecular flexibility index (Phi) is 5.51. The summed E-state index contributed by atoms with van der Waals surface area (Å²) in [5, 5.41) is 18.8. The average Bonchev–Trinajstić information content (AvgIpc) is 2.36. The fraction of sp³-hybridized carbons (Fsp3) is 0.429. The highest BCUT2D eigenvalue weighted by Gasteiger charge is 2.25. The molecule has 5 heteroatoms. The number of aliphatic hydroxyl groups excluding tert-OH is 1. The van der Waals surface area contributed by atoms with Crippen LogP contribution in [0.1, 0.15) is 25.5 Å². The molecule has 0 aromatic heterocycles. The Balaban J connectivity index is 2.83. The number of carbonyl (C=O) groups is 2. The molecular weight excluding hydrogens is 246 g/mol. The second-order valence-electron chi connectivity index (χ2n) is 4.82. The van der Waals surface area contributed by atoms with Crippen molar-refractivity contribution < 1.29 is 19.8 Å². The van der Waals surface area contributed by atoms with E-state index in [0.29, 0.717) is 12.1 Å². The highest BCUT2D eigenvalue weighted by molar-refractivity contribution is 5.85. The maximum absolute atomic E-state index is 12.1. The Hall–Kier alpha value is -1.88. The average molecular weight is 265 g/mol. The van der Waals surface area contributed by atoms with Gasteiger partial charge in [0.25, 0.3) is 5.91 Å². The number of benzene rings is 1. The first kappa shape index (κ1) is 15.2. The number of amides is 1. The predicted octanol–water partition coefficient (Wildman–Crippen LogP) is 1.29. The molecule has 1 aromatic carbocycles. The van der Waals surface area contributed by atoms with E-state index in [2.05, 4.69) is 0 Å². The van der Waals surface area contributed by atoms with E-state index >= 15 is 0 Å². The number of carboxylic acid groups (broad SMARTS) is 1. The third-order valence-electron chi connectivity index (χ3n) is 2.57. The van der Waals surface area contributed by atoms with Crippen LogP contribution in [0.25, 0.3) is 0 Å². The summed E-state index contributed by atoms with van der Waals surface area (Å²) in [5.41, 5.74) is 0.464. The number of aliphatic carboxylic acids is 1. The maximum atomic E-state index is 12.1. The van der Waals surface area contributed by atoms with Gasteiger partial charge in [-0.2, -0.15) is 0 Å². The molecule has 104 valence electrons. The zero-order valence-corrected chi connectivity index (χ0v) is 11.1. The van der Waals surface area contributed by atoms with Gasteiger partial charge in [-0.3, -0.25) is 9.59 Å². The summed E-state index contributed by atoms with van der Waals surface area (Å²) in [6, 6.07) is 8.49. The standard InChI is InChI=1S/C14H19NO4/c1-10(2)8-15(9-12(16)17)14(19)13(18)11-6-4-3-5-7-11/h3-7,10,13,18H,8-9H2,1-2H3,(H,16,17). The highest BCUT2D eigenvalue weighted by atomic mass is 16.4. The van der Waals surface area contributed by atoms with E-state index in [-0.39, 0.29) is 5.92 Å². The Morgan fingerprint density at radius 1 is 1.21 bits per heavy atom. The lowest BCUT2D eigenvalue weighted by Gasteiger charge is -2.25. The fourth-order valence-corrected chi connectivity index (χ4v) is 1.79. The molecule has 0 radical (unpaired) electrons. The molecule has 1 rings (SSSR count). The van der Waals surface area contributed by atoms with Crippen LogP contribution in [-0.2, 0) is 9.59 Å². The van der Waals surface area contributed by atoms with Crippen LogP contribution in [0.3, 0.4) is 0 Å². The van der Waals surface area contributed by atoms with E-state index in [1.807, 2.05) is 13.8 Å². The summed E-state index contributed by atoms with van der Waals surface area (Å²) < 4.78 is 0. The molecule has 0 aliphatic rings. The summed E-state index contributed by atoms with van der Waals surface area (Å²) in [4.78, 5) is 24.1. The molecule has 1 amide bonds. The second-order valence-corrected chi connectivity index (χ2v) is 4.82. The minimum absolute atomic E-state index is 0.131. The van der Waals surface area contributed by atoms with Crippen molar-refractivity contribution in [1.82, 2.24) is 4.90 Å². The van der Waals surface area contributed by atoms with Crippen molar-refractivity contribution in [2.24, 2.45) is 5.92 Å². The van der Waals surface area contributed by atoms with Crippen LogP contribution in [-0.4, -0.2) is 40.1 Å². The third-order valence-corrected chi connectivity index (χ3v) is 2.57. The molecule has 0 saturated carbocycles. The molecule has 0 fully saturated rings. The van der Waals surface area contributed by atoms with Crippen molar-refractivity contribution >= 4 is 11.9 Å². The number of carboxylic acids is 1. The largest absolute Gasteiger partial charge is 0.480 e. The van der Waals surface area contributed by atoms with Crippen LogP contribution in [0.15, 0.2) is 30.3 Å². The van der Waals surface area contributed by atoms with Gasteiger partial charge >= 0.3 is 5.97 Å². The lowest BCUT2D eigenvalue weighted by Crippen LogP contribution is -2.41. The summed E-state index contributed by atoms with van der Waals surface area (Å²) in [6.07, 6.45) is -1.32. The van der Waals surface area contributed by atoms with Gasteiger partial charge in [-0.25, -0.2) is 0 Å². The summed E-state index contributed by atoms with van der Waals surface area (Å²) in [6.45, 7) is 3.67. The van der Waals surface area contributed by atoms with Crippen LogP contribution >= 0.6 is 0 Å². The van der Waals surface area contributed by atoms with Crippen LogP contribution in [0.4, 0.5) is 0 Å². The molecule has 1 unspecified atom stereocenters. The van der Waals surface area contributed by atoms with Crippen LogP contribution in [0, 0.1) is 5.92 Å². The van der Waals surface area contributed by atoms with Crippen molar-refractivity contribution in [3.63, 3.8) is 0 Å². The molecule has 1 aromatic rings. The Morgan fingerprint density at radius 2 is 1.79 bits per heavy atom. The van der Waals surface area contributed by atoms with Crippen molar-refractivity contribution in [3.8, 4) is 0 Å². The van der Waals surface area contributed by atoms with Gasteiger partial charge in [0.15, 0.2) is 6.10 Å². The molecule has 19 heavy (non-hydrogen) atoms. The van der Waals surface area contributed by atoms with Gasteiger partial charge in [0.1, 0.15) is 6.54 Å². The molecule has 0 saturated heterocycles. The number of hydrogen-bond acceptors (Lipinski definition) is 3. The van der Waals surface area contributed by atoms with Gasteiger partial charge in [0, 0.05) is 6.54 Å². The zero-order valence-electron chi connectivity index (χ0n) is 11.1. The highest BCUT2D eigenvalue weighted by Crippen LogP contribution is 2.16. The van der Waals surface area contributed by atoms with Gasteiger partial charge in [-0.15, -0.1) is 0 Å². The van der Waals surface area contributed by atoms with E-state index in [0.717, 1.165) is 0 Å². The van der Waals surface area contributed by atoms with Crippen LogP contribution in [0.5, 0.6) is 0 Å². The molecule has 0 heterocycles. The topological polar surface area (TPSA) is 77.8 Å². The lowest BCUT2D eigenvalue weighted by atomic mass is 10.1. The summed E-state index contributed by atoms with van der Waals surface area (Å²) >= 11 is 0. The van der Waals surface area contributed by atoms with Crippen molar-refractivity contribution in [1.29, 1.82) is 0 Å². The first-order valence-corrected chi connectivity index (χ1v) is 6.15. The van der Waals surface area contributed by atoms with E-state index in [1.165, 1.54) is 4.90 Å². The fourth-order valence-electron chi connectivity index (χ4n) is 1.79. The van der Waals surface area contributed by atoms with E-state index in [4.69, 9.17) is 5.11 Å². The minimum Gasteiger partial charge on any atom is -0.480 e. The SMILES string of the molecule is CC(C)CN(CC(=O)O)C(=O)C(O)c1ccccc1. The quantitative estimate of drug-likeness (QED) is 0.812. The molecule has 2 N–H and O–H groups in total. The van der Waals surface area contributed by atoms with Gasteiger partial charge < -0.3 is 15.1 Å². The second kappa shape index (κ2) is 6.89. The maximum Gasteiger partial charge on any atom is 0.323 e. The number of hydrogen-bond donors (Lipinski definition) is 2. The predicted molar refractivity (Wildman–Crippen MR) is 70.5 cm³/mol. The third kappa shape index (κ3) is 4.71. The molecule has 0 spiro atoms. The number of rotatable bonds is 6. The van der Waals surface area contributed by atoms with Crippen molar-refractivity contribution in [2.75, 3.05) is 13.1 Å². The lowest BCUT2D eigenvalue weighted by molar-refractivity contribution is -0.149. The Morgan fingerprint density at radius 3 is 2.26 bits per heavy atom. The molecule has 0 aliphatic carbocycles. The van der Waals surface area contributed by atoms with Gasteiger partial charge in [-0.05, 0) is 11.5 Å². The van der Waals surface area contributed by atoms with Gasteiger partial charge in [-0.1, -0.05) is 44.2 Å². The first-order chi connectivity index (χ1) is 8.91. The van der Waals surface area contributed by atoms with Crippen LogP contribution < -0.4 is 0 Å². The number of aliphatic hydroxyl groups is 1. The number of carbonyl (C=O) groups excluding carboxylic acids is 1. The molecule has 0 bridgehead atoms. The van der Waals surface area contributed by atoms with E-state index < -0.39 is 24.5 Å². The molecule has 5 nitrogen and oxygen atoms in total. The normalized spacial score (nSPS) is 12.2. The summed E-state index contributed by atoms with van der Waals surface area (Å²) in [7, 11) is 0. The van der Waals surface area contributed by atoms with Crippen molar-refractivity contribution in [2.45, 2.75) is 20.0 Å². The monoisotopic (exact) mass is 265 g/mol. The van der Waals surface area contributed by atoms with E-state index in [1.54, 1.807) is 30.3 Å². The minimum atomic E-state index is -1.32. The number of nitrogens with zero attached hydrogens (tertiary/aromatic N) is 1. The van der Waals surface area contributed by atoms with Crippen molar-refractivity contribution in [3.05, 3.63) is 35.9 Å².